The van der Waals surface area contributed by atoms with Gasteiger partial charge in [0, 0.05) is 11.8 Å². The molecule has 1 aliphatic rings. The third-order valence-electron chi connectivity index (χ3n) is 4.25. The minimum atomic E-state index is -4.87. The van der Waals surface area contributed by atoms with Gasteiger partial charge in [0.25, 0.3) is 10.1 Å². The van der Waals surface area contributed by atoms with Gasteiger partial charge in [-0.3, -0.25) is 9.54 Å². The van der Waals surface area contributed by atoms with Gasteiger partial charge in [0.15, 0.2) is 0 Å². The average Bonchev–Trinajstić information content (AvgIpc) is 2.68. The maximum absolute atomic E-state index is 11.3. The predicted octanol–water partition coefficient (Wildman–Crippen LogP) is -0.727. The van der Waals surface area contributed by atoms with E-state index < -0.39 is 40.2 Å². The molecule has 1 unspecified atom stereocenters. The van der Waals surface area contributed by atoms with Crippen LogP contribution in [0.2, 0.25) is 0 Å². The van der Waals surface area contributed by atoms with Crippen LogP contribution in [0, 0.1) is 0 Å². The van der Waals surface area contributed by atoms with Crippen LogP contribution >= 0.6 is 0 Å². The van der Waals surface area contributed by atoms with E-state index in [4.69, 9.17) is 19.1 Å². The summed E-state index contributed by atoms with van der Waals surface area (Å²) in [6.45, 7) is -0.0955. The molecule has 0 amide bonds. The van der Waals surface area contributed by atoms with Crippen LogP contribution in [0.15, 0.2) is 42.7 Å². The van der Waals surface area contributed by atoms with Crippen LogP contribution in [0.5, 0.6) is 5.75 Å². The van der Waals surface area contributed by atoms with Crippen LogP contribution < -0.4 is 4.74 Å². The highest BCUT2D eigenvalue weighted by atomic mass is 32.2. The second-order valence-electron chi connectivity index (χ2n) is 6.24. The van der Waals surface area contributed by atoms with Crippen molar-refractivity contribution >= 4 is 10.1 Å². The largest absolute Gasteiger partial charge is 0.460 e. The van der Waals surface area contributed by atoms with E-state index in [2.05, 4.69) is 4.98 Å². The maximum Gasteiger partial charge on any atom is 0.295 e. The van der Waals surface area contributed by atoms with E-state index in [-0.39, 0.29) is 12.4 Å². The fourth-order valence-corrected chi connectivity index (χ4v) is 3.50. The van der Waals surface area contributed by atoms with E-state index >= 15 is 0 Å². The molecule has 11 heteroatoms. The van der Waals surface area contributed by atoms with Gasteiger partial charge < -0.3 is 29.9 Å². The van der Waals surface area contributed by atoms with Crippen LogP contribution in [0.3, 0.4) is 0 Å². The molecule has 28 heavy (non-hydrogen) atoms. The van der Waals surface area contributed by atoms with Gasteiger partial charge in [-0.1, -0.05) is 24.3 Å². The van der Waals surface area contributed by atoms with E-state index in [1.165, 1.54) is 12.3 Å². The first kappa shape index (κ1) is 20.6. The number of nitrogens with zero attached hydrogens (tertiary/aromatic N) is 1. The molecule has 0 spiro atoms. The Morgan fingerprint density at radius 1 is 1.00 bits per heavy atom. The monoisotopic (exact) mass is 413 g/mol. The summed E-state index contributed by atoms with van der Waals surface area (Å²) in [5, 5.41) is 38.7. The van der Waals surface area contributed by atoms with Crippen molar-refractivity contribution in [3.8, 4) is 16.9 Å². The van der Waals surface area contributed by atoms with Crippen LogP contribution in [-0.2, 0) is 21.5 Å². The van der Waals surface area contributed by atoms with Gasteiger partial charge in [0.2, 0.25) is 11.7 Å². The summed E-state index contributed by atoms with van der Waals surface area (Å²) in [6.07, 6.45) is -4.62. The summed E-state index contributed by atoms with van der Waals surface area (Å²) < 4.78 is 42.2. The summed E-state index contributed by atoms with van der Waals surface area (Å²) in [6, 6.07) is 8.51. The lowest BCUT2D eigenvalue weighted by atomic mass is 10.0. The zero-order valence-electron chi connectivity index (χ0n) is 14.4. The number of hydrogen-bond acceptors (Lipinski definition) is 9. The zero-order valence-corrected chi connectivity index (χ0v) is 15.2. The molecule has 1 fully saturated rings. The molecule has 10 nitrogen and oxygen atoms in total. The number of aliphatic hydroxyl groups is 4. The zero-order chi connectivity index (χ0) is 20.5. The van der Waals surface area contributed by atoms with Gasteiger partial charge in [-0.25, -0.2) is 0 Å². The number of aromatic nitrogens is 1. The first-order valence-corrected chi connectivity index (χ1v) is 9.69. The van der Waals surface area contributed by atoms with E-state index in [1.807, 2.05) is 0 Å². The molecule has 5 N–H and O–H groups in total. The molecule has 1 aliphatic heterocycles. The molecule has 0 aliphatic carbocycles. The molecule has 0 radical (unpaired) electrons. The van der Waals surface area contributed by atoms with E-state index in [0.717, 1.165) is 11.1 Å². The Balaban J connectivity index is 1.82. The first-order chi connectivity index (χ1) is 13.2. The van der Waals surface area contributed by atoms with Gasteiger partial charge >= 0.3 is 0 Å². The lowest BCUT2D eigenvalue weighted by Gasteiger charge is -2.38. The van der Waals surface area contributed by atoms with Gasteiger partial charge in [-0.05, 0) is 17.2 Å². The number of benzene rings is 1. The van der Waals surface area contributed by atoms with Crippen molar-refractivity contribution in [1.29, 1.82) is 0 Å². The Hall–Kier alpha value is -2.12. The quantitative estimate of drug-likeness (QED) is 0.394. The molecule has 0 saturated carbocycles. The molecule has 1 saturated heterocycles. The van der Waals surface area contributed by atoms with Crippen molar-refractivity contribution in [3.63, 3.8) is 0 Å². The molecule has 152 valence electrons. The molecule has 0 bridgehead atoms. The van der Waals surface area contributed by atoms with Crippen LogP contribution in [0.1, 0.15) is 5.56 Å². The second kappa shape index (κ2) is 8.09. The number of rotatable bonds is 5. The molecule has 3 rings (SSSR count). The smallest absolute Gasteiger partial charge is 0.295 e. The molecule has 5 atom stereocenters. The first-order valence-electron chi connectivity index (χ1n) is 8.18. The summed E-state index contributed by atoms with van der Waals surface area (Å²) in [5.41, 5.74) is -0.0737. The van der Waals surface area contributed by atoms with Gasteiger partial charge in [0.05, 0.1) is 12.8 Å². The summed E-state index contributed by atoms with van der Waals surface area (Å²) in [4.78, 5) is 4.00. The summed E-state index contributed by atoms with van der Waals surface area (Å²) in [5.74, 6) is 0.0884. The maximum atomic E-state index is 11.3. The van der Waals surface area contributed by atoms with Crippen molar-refractivity contribution in [3.05, 3.63) is 48.3 Å². The average molecular weight is 413 g/mol. The third kappa shape index (κ3) is 4.31. The van der Waals surface area contributed by atoms with E-state index in [9.17, 15) is 23.7 Å². The minimum Gasteiger partial charge on any atom is -0.460 e. The van der Waals surface area contributed by atoms with E-state index in [1.54, 1.807) is 30.5 Å². The second-order valence-corrected chi connectivity index (χ2v) is 7.74. The SMILES string of the molecule is O=S(=O)(O)C1O[C@@H](Oc2cncc(-c3ccc(CO)cc3)c2)[C@H](O)[C@@H](O)[C@@H]1O. The summed E-state index contributed by atoms with van der Waals surface area (Å²) >= 11 is 0. The fourth-order valence-electron chi connectivity index (χ4n) is 2.74. The molecule has 1 aromatic heterocycles. The highest BCUT2D eigenvalue weighted by Gasteiger charge is 2.50. The van der Waals surface area contributed by atoms with Gasteiger partial charge in [0.1, 0.15) is 24.1 Å². The fraction of sp³-hybridized carbons (Fsp3) is 0.353. The van der Waals surface area contributed by atoms with Gasteiger partial charge in [-0.2, -0.15) is 8.42 Å². The van der Waals surface area contributed by atoms with Crippen molar-refractivity contribution in [2.45, 2.75) is 36.6 Å². The standard InChI is InChI=1S/C17H19NO9S/c19-8-9-1-3-10(4-2-9)11-5-12(7-18-6-11)26-16-14(21)13(20)15(22)17(27-16)28(23,24)25/h1-7,13-17,19-22H,8H2,(H,23,24,25)/t13-,14-,15+,16-,17?/m1/s1. The Kier molecular flexibility index (Phi) is 5.95. The van der Waals surface area contributed by atoms with Gasteiger partial charge in [-0.15, -0.1) is 0 Å². The number of hydrogen-bond donors (Lipinski definition) is 5. The number of ether oxygens (including phenoxy) is 2. The minimum absolute atomic E-state index is 0.0884. The lowest BCUT2D eigenvalue weighted by Crippen LogP contribution is -2.61. The Bertz CT molecular complexity index is 918. The highest BCUT2D eigenvalue weighted by Crippen LogP contribution is 2.28. The highest BCUT2D eigenvalue weighted by molar-refractivity contribution is 7.86. The molecule has 2 heterocycles. The normalized spacial score (nSPS) is 28.1. The van der Waals surface area contributed by atoms with Crippen molar-refractivity contribution in [2.75, 3.05) is 0 Å². The third-order valence-corrected chi connectivity index (χ3v) is 5.23. The molecular formula is C17H19NO9S. The number of aliphatic hydroxyl groups excluding tert-OH is 4. The number of pyridine rings is 1. The van der Waals surface area contributed by atoms with E-state index in [0.29, 0.717) is 5.56 Å². The molecule has 1 aromatic carbocycles. The van der Waals surface area contributed by atoms with Crippen LogP contribution in [0.25, 0.3) is 11.1 Å². The van der Waals surface area contributed by atoms with Crippen molar-refractivity contribution in [2.24, 2.45) is 0 Å². The van der Waals surface area contributed by atoms with Crippen LogP contribution in [-0.4, -0.2) is 68.4 Å². The predicted molar refractivity (Wildman–Crippen MR) is 94.5 cm³/mol. The van der Waals surface area contributed by atoms with Crippen molar-refractivity contribution in [1.82, 2.24) is 4.98 Å². The molecule has 2 aromatic rings. The Labute approximate surface area is 160 Å². The summed E-state index contributed by atoms with van der Waals surface area (Å²) in [7, 11) is -4.87. The lowest BCUT2D eigenvalue weighted by molar-refractivity contribution is -0.254. The van der Waals surface area contributed by atoms with Crippen molar-refractivity contribution < 1.29 is 42.9 Å². The van der Waals surface area contributed by atoms with Crippen LogP contribution in [0.4, 0.5) is 0 Å². The Morgan fingerprint density at radius 2 is 1.68 bits per heavy atom. The molecular weight excluding hydrogens is 394 g/mol. The Morgan fingerprint density at radius 3 is 2.29 bits per heavy atom. The topological polar surface area (TPSA) is 167 Å².